The van der Waals surface area contributed by atoms with E-state index >= 15 is 0 Å². The molecule has 0 amide bonds. The molecular weight excluding hydrogens is 232 g/mol. The molecule has 4 N–H and O–H groups in total. The molecule has 5 nitrogen and oxygen atoms in total. The molecule has 0 radical (unpaired) electrons. The van der Waals surface area contributed by atoms with Crippen LogP contribution in [-0.4, -0.2) is 47.2 Å². The van der Waals surface area contributed by atoms with Crippen LogP contribution in [0.5, 0.6) is 0 Å². The van der Waals surface area contributed by atoms with Crippen molar-refractivity contribution in [1.29, 1.82) is 5.26 Å². The minimum atomic E-state index is -1.15. The number of aliphatic hydroxyl groups is 3. The third-order valence-corrected chi connectivity index (χ3v) is 2.95. The molecule has 0 aromatic heterocycles. The fourth-order valence-electron chi connectivity index (χ4n) is 1.56. The van der Waals surface area contributed by atoms with Crippen molar-refractivity contribution in [3.8, 4) is 6.07 Å². The van der Waals surface area contributed by atoms with Gasteiger partial charge in [0, 0.05) is 6.54 Å². The van der Waals surface area contributed by atoms with E-state index in [1.54, 1.807) is 0 Å². The fraction of sp³-hybridized carbons (Fsp3) is 0.462. The topological polar surface area (TPSA) is 96.5 Å². The summed E-state index contributed by atoms with van der Waals surface area (Å²) in [6, 6.07) is 11.4. The van der Waals surface area contributed by atoms with Crippen LogP contribution in [0.25, 0.3) is 0 Å². The van der Waals surface area contributed by atoms with E-state index in [1.165, 1.54) is 0 Å². The second kappa shape index (κ2) is 7.09. The lowest BCUT2D eigenvalue weighted by atomic mass is 9.97. The van der Waals surface area contributed by atoms with Gasteiger partial charge in [-0.3, -0.25) is 0 Å². The average molecular weight is 250 g/mol. The zero-order chi connectivity index (χ0) is 13.4. The summed E-state index contributed by atoms with van der Waals surface area (Å²) in [5.74, 6) is -0.393. The van der Waals surface area contributed by atoms with Crippen LogP contribution in [0.2, 0.25) is 0 Å². The number of benzene rings is 1. The van der Waals surface area contributed by atoms with Gasteiger partial charge in [0.25, 0.3) is 0 Å². The predicted octanol–water partition coefficient (Wildman–Crippen LogP) is -0.401. The molecule has 0 bridgehead atoms. The highest BCUT2D eigenvalue weighted by atomic mass is 16.3. The Morgan fingerprint density at radius 2 is 1.67 bits per heavy atom. The molecule has 0 aliphatic rings. The Morgan fingerprint density at radius 1 is 1.11 bits per heavy atom. The Kier molecular flexibility index (Phi) is 5.75. The van der Waals surface area contributed by atoms with Crippen molar-refractivity contribution in [2.24, 2.45) is 0 Å². The van der Waals surface area contributed by atoms with Gasteiger partial charge in [-0.2, -0.15) is 5.26 Å². The van der Waals surface area contributed by atoms with Crippen LogP contribution >= 0.6 is 0 Å². The van der Waals surface area contributed by atoms with Crippen LogP contribution in [0.3, 0.4) is 0 Å². The Bertz CT molecular complexity index is 377. The van der Waals surface area contributed by atoms with E-state index in [4.69, 9.17) is 20.6 Å². The smallest absolute Gasteiger partial charge is 0.0882 e. The lowest BCUT2D eigenvalue weighted by Gasteiger charge is -2.29. The molecule has 0 saturated carbocycles. The summed E-state index contributed by atoms with van der Waals surface area (Å²) in [5.41, 5.74) is -0.292. The quantitative estimate of drug-likeness (QED) is 0.528. The summed E-state index contributed by atoms with van der Waals surface area (Å²) in [6.07, 6.45) is 0. The summed E-state index contributed by atoms with van der Waals surface area (Å²) in [4.78, 5) is 0. The summed E-state index contributed by atoms with van der Waals surface area (Å²) in [5, 5.41) is 39.5. The SMILES string of the molecule is N#CC(CNC(CO)(CO)CO)c1ccccc1. The molecule has 0 aliphatic carbocycles. The van der Waals surface area contributed by atoms with E-state index in [0.717, 1.165) is 5.56 Å². The second-order valence-electron chi connectivity index (χ2n) is 4.23. The molecule has 1 unspecified atom stereocenters. The van der Waals surface area contributed by atoms with Crippen molar-refractivity contribution < 1.29 is 15.3 Å². The summed E-state index contributed by atoms with van der Waals surface area (Å²) in [7, 11) is 0. The molecule has 5 heteroatoms. The average Bonchev–Trinajstić information content (AvgIpc) is 2.45. The van der Waals surface area contributed by atoms with Crippen molar-refractivity contribution in [1.82, 2.24) is 5.32 Å². The number of hydrogen-bond acceptors (Lipinski definition) is 5. The number of nitrogens with zero attached hydrogens (tertiary/aromatic N) is 1. The molecule has 1 aromatic rings. The highest BCUT2D eigenvalue weighted by Crippen LogP contribution is 2.14. The van der Waals surface area contributed by atoms with Crippen molar-refractivity contribution in [2.75, 3.05) is 26.4 Å². The molecule has 0 spiro atoms. The first-order chi connectivity index (χ1) is 8.71. The molecule has 0 aliphatic heterocycles. The monoisotopic (exact) mass is 250 g/mol. The van der Waals surface area contributed by atoms with Crippen LogP contribution in [0.1, 0.15) is 11.5 Å². The predicted molar refractivity (Wildman–Crippen MR) is 66.8 cm³/mol. The van der Waals surface area contributed by atoms with Gasteiger partial charge in [-0.1, -0.05) is 30.3 Å². The first kappa shape index (κ1) is 14.6. The van der Waals surface area contributed by atoms with E-state index in [9.17, 15) is 0 Å². The Balaban J connectivity index is 2.69. The van der Waals surface area contributed by atoms with Gasteiger partial charge >= 0.3 is 0 Å². The fourth-order valence-corrected chi connectivity index (χ4v) is 1.56. The van der Waals surface area contributed by atoms with Crippen molar-refractivity contribution in [3.63, 3.8) is 0 Å². The number of nitrogens with one attached hydrogen (secondary N) is 1. The molecule has 1 rings (SSSR count). The number of rotatable bonds is 7. The summed E-state index contributed by atoms with van der Waals surface area (Å²) >= 11 is 0. The van der Waals surface area contributed by atoms with E-state index in [0.29, 0.717) is 0 Å². The zero-order valence-corrected chi connectivity index (χ0v) is 10.1. The van der Waals surface area contributed by atoms with E-state index < -0.39 is 31.3 Å². The number of hydrogen-bond donors (Lipinski definition) is 4. The maximum absolute atomic E-state index is 9.17. The Hall–Kier alpha value is -1.45. The van der Waals surface area contributed by atoms with Gasteiger partial charge in [0.15, 0.2) is 0 Å². The van der Waals surface area contributed by atoms with Gasteiger partial charge in [0.05, 0.1) is 37.3 Å². The molecule has 1 aromatic carbocycles. The molecule has 0 fully saturated rings. The minimum absolute atomic E-state index is 0.252. The highest BCUT2D eigenvalue weighted by molar-refractivity contribution is 5.25. The molecule has 0 saturated heterocycles. The molecule has 1 atom stereocenters. The van der Waals surface area contributed by atoms with E-state index in [-0.39, 0.29) is 6.54 Å². The minimum Gasteiger partial charge on any atom is -0.394 e. The first-order valence-corrected chi connectivity index (χ1v) is 5.73. The van der Waals surface area contributed by atoms with Crippen LogP contribution in [-0.2, 0) is 0 Å². The third-order valence-electron chi connectivity index (χ3n) is 2.95. The molecular formula is C13H18N2O3. The van der Waals surface area contributed by atoms with Crippen LogP contribution in [0.15, 0.2) is 30.3 Å². The van der Waals surface area contributed by atoms with Crippen LogP contribution in [0, 0.1) is 11.3 Å². The number of nitriles is 1. The zero-order valence-electron chi connectivity index (χ0n) is 10.1. The number of aliphatic hydroxyl groups excluding tert-OH is 3. The second-order valence-corrected chi connectivity index (χ2v) is 4.23. The van der Waals surface area contributed by atoms with Gasteiger partial charge in [0.1, 0.15) is 0 Å². The summed E-state index contributed by atoms with van der Waals surface area (Å²) < 4.78 is 0. The first-order valence-electron chi connectivity index (χ1n) is 5.73. The highest BCUT2D eigenvalue weighted by Gasteiger charge is 2.28. The normalized spacial score (nSPS) is 13.0. The van der Waals surface area contributed by atoms with E-state index in [2.05, 4.69) is 11.4 Å². The van der Waals surface area contributed by atoms with Gasteiger partial charge in [-0.25, -0.2) is 0 Å². The lowest BCUT2D eigenvalue weighted by molar-refractivity contribution is 0.0425. The van der Waals surface area contributed by atoms with E-state index in [1.807, 2.05) is 30.3 Å². The molecule has 98 valence electrons. The maximum atomic E-state index is 9.17. The van der Waals surface area contributed by atoms with Gasteiger partial charge in [-0.15, -0.1) is 0 Å². The standard InChI is InChI=1S/C13H18N2O3/c14-6-12(11-4-2-1-3-5-11)7-15-13(8-16,9-17)10-18/h1-5,12,15-18H,7-10H2. The third kappa shape index (κ3) is 3.52. The maximum Gasteiger partial charge on any atom is 0.0882 e. The molecule has 18 heavy (non-hydrogen) atoms. The Morgan fingerprint density at radius 3 is 2.11 bits per heavy atom. The Labute approximate surface area is 106 Å². The van der Waals surface area contributed by atoms with Crippen molar-refractivity contribution in [3.05, 3.63) is 35.9 Å². The molecule has 0 heterocycles. The van der Waals surface area contributed by atoms with Gasteiger partial charge in [-0.05, 0) is 5.56 Å². The van der Waals surface area contributed by atoms with Crippen LogP contribution < -0.4 is 5.32 Å². The van der Waals surface area contributed by atoms with Gasteiger partial charge < -0.3 is 20.6 Å². The van der Waals surface area contributed by atoms with Gasteiger partial charge in [0.2, 0.25) is 0 Å². The summed E-state index contributed by atoms with van der Waals surface area (Å²) in [6.45, 7) is -0.936. The van der Waals surface area contributed by atoms with Crippen molar-refractivity contribution >= 4 is 0 Å². The lowest BCUT2D eigenvalue weighted by Crippen LogP contribution is -2.55. The van der Waals surface area contributed by atoms with Crippen LogP contribution in [0.4, 0.5) is 0 Å². The van der Waals surface area contributed by atoms with Crippen molar-refractivity contribution in [2.45, 2.75) is 11.5 Å². The largest absolute Gasteiger partial charge is 0.394 e.